The third kappa shape index (κ3) is 2.13. The minimum atomic E-state index is -3.32. The molecule has 0 amide bonds. The first-order chi connectivity index (χ1) is 9.57. The SMILES string of the molecule is N#CC1(CN2CCC(c3ccccc3)S2(=O)=O)CCC1. The molecule has 1 saturated carbocycles. The van der Waals surface area contributed by atoms with Gasteiger partial charge in [0, 0.05) is 13.1 Å². The van der Waals surface area contributed by atoms with Gasteiger partial charge in [-0.2, -0.15) is 9.57 Å². The Hall–Kier alpha value is -1.38. The van der Waals surface area contributed by atoms with Gasteiger partial charge in [0.2, 0.25) is 10.0 Å². The molecule has 5 heteroatoms. The van der Waals surface area contributed by atoms with Crippen molar-refractivity contribution in [3.05, 3.63) is 35.9 Å². The van der Waals surface area contributed by atoms with Gasteiger partial charge in [0.25, 0.3) is 0 Å². The second-order valence-corrected chi connectivity index (χ2v) is 7.93. The Balaban J connectivity index is 1.82. The lowest BCUT2D eigenvalue weighted by Gasteiger charge is -2.37. The molecule has 1 saturated heterocycles. The molecule has 4 nitrogen and oxygen atoms in total. The zero-order valence-corrected chi connectivity index (χ0v) is 12.1. The monoisotopic (exact) mass is 290 g/mol. The van der Waals surface area contributed by atoms with Crippen LogP contribution in [0.3, 0.4) is 0 Å². The van der Waals surface area contributed by atoms with E-state index < -0.39 is 20.7 Å². The van der Waals surface area contributed by atoms with E-state index in [9.17, 15) is 13.7 Å². The summed E-state index contributed by atoms with van der Waals surface area (Å²) in [5.41, 5.74) is 0.424. The second kappa shape index (κ2) is 4.87. The first-order valence-corrected chi connectivity index (χ1v) is 8.53. The highest BCUT2D eigenvalue weighted by atomic mass is 32.2. The summed E-state index contributed by atoms with van der Waals surface area (Å²) in [6.07, 6.45) is 3.30. The fourth-order valence-electron chi connectivity index (χ4n) is 3.14. The molecule has 2 fully saturated rings. The molecular formula is C15H18N2O2S. The van der Waals surface area contributed by atoms with E-state index >= 15 is 0 Å². The molecule has 106 valence electrons. The lowest BCUT2D eigenvalue weighted by atomic mass is 9.70. The second-order valence-electron chi connectivity index (χ2n) is 5.81. The molecule has 0 N–H and O–H groups in total. The van der Waals surface area contributed by atoms with Crippen LogP contribution in [0.1, 0.15) is 36.5 Å². The van der Waals surface area contributed by atoms with Crippen molar-refractivity contribution in [2.75, 3.05) is 13.1 Å². The summed E-state index contributed by atoms with van der Waals surface area (Å²) in [6, 6.07) is 11.7. The van der Waals surface area contributed by atoms with Crippen LogP contribution in [0.15, 0.2) is 30.3 Å². The van der Waals surface area contributed by atoms with Gasteiger partial charge in [0.05, 0.1) is 11.5 Å². The maximum atomic E-state index is 12.6. The molecule has 1 atom stereocenters. The minimum Gasteiger partial charge on any atom is -0.212 e. The van der Waals surface area contributed by atoms with Gasteiger partial charge < -0.3 is 0 Å². The van der Waals surface area contributed by atoms with Gasteiger partial charge in [-0.1, -0.05) is 36.8 Å². The van der Waals surface area contributed by atoms with Crippen LogP contribution in [0.25, 0.3) is 0 Å². The fraction of sp³-hybridized carbons (Fsp3) is 0.533. The van der Waals surface area contributed by atoms with Crippen molar-refractivity contribution in [3.8, 4) is 6.07 Å². The number of hydrogen-bond donors (Lipinski definition) is 0. The number of rotatable bonds is 3. The third-order valence-corrected chi connectivity index (χ3v) is 6.82. The number of benzene rings is 1. The van der Waals surface area contributed by atoms with Gasteiger partial charge in [-0.05, 0) is 24.8 Å². The van der Waals surface area contributed by atoms with Crippen molar-refractivity contribution < 1.29 is 8.42 Å². The summed E-state index contributed by atoms with van der Waals surface area (Å²) in [5.74, 6) is 0. The number of hydrogen-bond acceptors (Lipinski definition) is 3. The zero-order valence-electron chi connectivity index (χ0n) is 11.3. The van der Waals surface area contributed by atoms with Gasteiger partial charge in [0.1, 0.15) is 5.25 Å². The summed E-state index contributed by atoms with van der Waals surface area (Å²) in [5, 5.41) is 8.83. The van der Waals surface area contributed by atoms with Crippen LogP contribution in [0.2, 0.25) is 0 Å². The van der Waals surface area contributed by atoms with Gasteiger partial charge in [-0.3, -0.25) is 0 Å². The standard InChI is InChI=1S/C15H18N2O2S/c16-11-15(8-4-9-15)12-17-10-7-14(20(17,18)19)13-5-2-1-3-6-13/h1-3,5-6,14H,4,7-10,12H2. The summed E-state index contributed by atoms with van der Waals surface area (Å²) in [6.45, 7) is 0.903. The highest BCUT2D eigenvalue weighted by molar-refractivity contribution is 7.89. The Bertz CT molecular complexity index is 630. The minimum absolute atomic E-state index is 0.370. The Morgan fingerprint density at radius 2 is 2.00 bits per heavy atom. The average molecular weight is 290 g/mol. The van der Waals surface area contributed by atoms with E-state index in [0.717, 1.165) is 24.8 Å². The van der Waals surface area contributed by atoms with Crippen LogP contribution in [-0.4, -0.2) is 25.8 Å². The van der Waals surface area contributed by atoms with Crippen molar-refractivity contribution in [1.29, 1.82) is 5.26 Å². The van der Waals surface area contributed by atoms with E-state index in [1.54, 1.807) is 0 Å². The first-order valence-electron chi connectivity index (χ1n) is 7.03. The highest BCUT2D eigenvalue weighted by Crippen LogP contribution is 2.44. The maximum absolute atomic E-state index is 12.6. The van der Waals surface area contributed by atoms with Crippen molar-refractivity contribution >= 4 is 10.0 Å². The summed E-state index contributed by atoms with van der Waals surface area (Å²) in [4.78, 5) is 0. The van der Waals surface area contributed by atoms with Gasteiger partial charge in [-0.25, -0.2) is 8.42 Å². The Morgan fingerprint density at radius 3 is 2.55 bits per heavy atom. The molecule has 0 aromatic heterocycles. The van der Waals surface area contributed by atoms with E-state index in [-0.39, 0.29) is 0 Å². The number of sulfonamides is 1. The molecule has 1 aliphatic carbocycles. The molecule has 3 rings (SSSR count). The van der Waals surface area contributed by atoms with Crippen LogP contribution >= 0.6 is 0 Å². The van der Waals surface area contributed by atoms with Crippen LogP contribution in [0.4, 0.5) is 0 Å². The maximum Gasteiger partial charge on any atom is 0.221 e. The zero-order chi connectivity index (χ0) is 14.2. The van der Waals surface area contributed by atoms with Gasteiger partial charge in [0.15, 0.2) is 0 Å². The average Bonchev–Trinajstić information content (AvgIpc) is 2.70. The molecule has 1 aromatic rings. The van der Waals surface area contributed by atoms with E-state index in [2.05, 4.69) is 6.07 Å². The molecule has 1 aromatic carbocycles. The van der Waals surface area contributed by atoms with Crippen molar-refractivity contribution in [1.82, 2.24) is 4.31 Å². The smallest absolute Gasteiger partial charge is 0.212 e. The number of nitrogens with zero attached hydrogens (tertiary/aromatic N) is 2. The molecule has 1 aliphatic heterocycles. The van der Waals surface area contributed by atoms with Crippen LogP contribution in [-0.2, 0) is 10.0 Å². The summed E-state index contributed by atoms with van der Waals surface area (Å²) >= 11 is 0. The molecule has 1 unspecified atom stereocenters. The van der Waals surface area contributed by atoms with E-state index in [4.69, 9.17) is 0 Å². The quantitative estimate of drug-likeness (QED) is 0.859. The molecule has 0 radical (unpaired) electrons. The van der Waals surface area contributed by atoms with E-state index in [0.29, 0.717) is 19.5 Å². The highest BCUT2D eigenvalue weighted by Gasteiger charge is 2.46. The molecule has 0 bridgehead atoms. The van der Waals surface area contributed by atoms with Gasteiger partial charge in [-0.15, -0.1) is 0 Å². The summed E-state index contributed by atoms with van der Waals surface area (Å²) < 4.78 is 26.8. The predicted molar refractivity (Wildman–Crippen MR) is 76.2 cm³/mol. The fourth-order valence-corrected chi connectivity index (χ4v) is 5.19. The van der Waals surface area contributed by atoms with Crippen molar-refractivity contribution in [2.45, 2.75) is 30.9 Å². The van der Waals surface area contributed by atoms with Gasteiger partial charge >= 0.3 is 0 Å². The lowest BCUT2D eigenvalue weighted by Crippen LogP contribution is -2.42. The topological polar surface area (TPSA) is 61.2 Å². The third-order valence-electron chi connectivity index (χ3n) is 4.56. The Labute approximate surface area is 120 Å². The summed E-state index contributed by atoms with van der Waals surface area (Å²) in [7, 11) is -3.32. The van der Waals surface area contributed by atoms with E-state index in [1.165, 1.54) is 4.31 Å². The predicted octanol–water partition coefficient (Wildman–Crippen LogP) is 2.46. The Kier molecular flexibility index (Phi) is 3.31. The first kappa shape index (κ1) is 13.6. The van der Waals surface area contributed by atoms with E-state index in [1.807, 2.05) is 30.3 Å². The molecule has 1 heterocycles. The number of nitriles is 1. The molecule has 0 spiro atoms. The Morgan fingerprint density at radius 1 is 1.30 bits per heavy atom. The molecule has 2 aliphatic rings. The van der Waals surface area contributed by atoms with Crippen molar-refractivity contribution in [3.63, 3.8) is 0 Å². The van der Waals surface area contributed by atoms with Crippen LogP contribution < -0.4 is 0 Å². The largest absolute Gasteiger partial charge is 0.221 e. The van der Waals surface area contributed by atoms with Crippen LogP contribution in [0, 0.1) is 16.7 Å². The van der Waals surface area contributed by atoms with Crippen molar-refractivity contribution in [2.24, 2.45) is 5.41 Å². The normalized spacial score (nSPS) is 27.6. The van der Waals surface area contributed by atoms with Crippen LogP contribution in [0.5, 0.6) is 0 Å². The molecule has 20 heavy (non-hydrogen) atoms. The molecular weight excluding hydrogens is 272 g/mol. The lowest BCUT2D eigenvalue weighted by molar-refractivity contribution is 0.171.